The molecule has 0 fully saturated rings. The van der Waals surface area contributed by atoms with Crippen LogP contribution < -0.4 is 15.4 Å². The average molecular weight is 369 g/mol. The molecule has 3 rings (SSSR count). The number of halogens is 1. The summed E-state index contributed by atoms with van der Waals surface area (Å²) in [4.78, 5) is 20.7. The maximum absolute atomic E-state index is 12.3. The Kier molecular flexibility index (Phi) is 5.66. The molecule has 1 aromatic heterocycles. The zero-order valence-electron chi connectivity index (χ0n) is 14.1. The van der Waals surface area contributed by atoms with Crippen LogP contribution in [0.15, 0.2) is 60.8 Å². The van der Waals surface area contributed by atoms with E-state index in [1.54, 1.807) is 30.3 Å². The van der Waals surface area contributed by atoms with Gasteiger partial charge in [0.15, 0.2) is 0 Å². The molecule has 26 heavy (non-hydrogen) atoms. The summed E-state index contributed by atoms with van der Waals surface area (Å²) >= 11 is 5.84. The normalized spacial score (nSPS) is 10.2. The van der Waals surface area contributed by atoms with Gasteiger partial charge in [-0.3, -0.25) is 4.79 Å². The molecule has 132 valence electrons. The Morgan fingerprint density at radius 3 is 2.42 bits per heavy atom. The molecule has 0 bridgehead atoms. The average Bonchev–Trinajstić information content (AvgIpc) is 2.66. The minimum absolute atomic E-state index is 0.253. The van der Waals surface area contributed by atoms with Gasteiger partial charge in [0.1, 0.15) is 11.4 Å². The van der Waals surface area contributed by atoms with Crippen LogP contribution in [0.5, 0.6) is 5.75 Å². The third-order valence-electron chi connectivity index (χ3n) is 3.41. The van der Waals surface area contributed by atoms with Gasteiger partial charge in [0, 0.05) is 22.6 Å². The molecule has 2 N–H and O–H groups in total. The van der Waals surface area contributed by atoms with E-state index in [1.807, 2.05) is 31.2 Å². The van der Waals surface area contributed by atoms with Gasteiger partial charge in [0.05, 0.1) is 6.61 Å². The summed E-state index contributed by atoms with van der Waals surface area (Å²) in [5.41, 5.74) is 1.69. The quantitative estimate of drug-likeness (QED) is 0.668. The number of amides is 1. The Balaban J connectivity index is 1.69. The molecular weight excluding hydrogens is 352 g/mol. The van der Waals surface area contributed by atoms with Crippen LogP contribution in [0.3, 0.4) is 0 Å². The predicted molar refractivity (Wildman–Crippen MR) is 102 cm³/mol. The lowest BCUT2D eigenvalue weighted by molar-refractivity contribution is 0.102. The van der Waals surface area contributed by atoms with Crippen LogP contribution in [-0.4, -0.2) is 22.5 Å². The topological polar surface area (TPSA) is 76.1 Å². The Hall–Kier alpha value is -3.12. The van der Waals surface area contributed by atoms with Gasteiger partial charge in [-0.15, -0.1) is 0 Å². The molecule has 3 aromatic rings. The van der Waals surface area contributed by atoms with Gasteiger partial charge in [-0.25, -0.2) is 9.97 Å². The van der Waals surface area contributed by atoms with E-state index in [9.17, 15) is 4.79 Å². The largest absolute Gasteiger partial charge is 0.494 e. The van der Waals surface area contributed by atoms with Gasteiger partial charge in [-0.1, -0.05) is 11.6 Å². The van der Waals surface area contributed by atoms with Crippen molar-refractivity contribution < 1.29 is 9.53 Å². The molecule has 7 heteroatoms. The molecule has 0 aliphatic carbocycles. The molecule has 1 amide bonds. The van der Waals surface area contributed by atoms with Crippen molar-refractivity contribution in [3.05, 3.63) is 71.5 Å². The second-order valence-electron chi connectivity index (χ2n) is 5.31. The van der Waals surface area contributed by atoms with Crippen molar-refractivity contribution in [1.29, 1.82) is 0 Å². The molecule has 0 saturated carbocycles. The number of anilines is 3. The second-order valence-corrected chi connectivity index (χ2v) is 5.75. The maximum atomic E-state index is 12.3. The fraction of sp³-hybridized carbons (Fsp3) is 0.105. The summed E-state index contributed by atoms with van der Waals surface area (Å²) in [5.74, 6) is 0.789. The monoisotopic (exact) mass is 368 g/mol. The minimum atomic E-state index is -0.329. The summed E-state index contributed by atoms with van der Waals surface area (Å²) in [5, 5.41) is 6.43. The number of aromatic nitrogens is 2. The van der Waals surface area contributed by atoms with Crippen LogP contribution in [0.2, 0.25) is 5.02 Å². The van der Waals surface area contributed by atoms with Gasteiger partial charge in [0.2, 0.25) is 5.95 Å². The fourth-order valence-electron chi connectivity index (χ4n) is 2.20. The number of benzene rings is 2. The van der Waals surface area contributed by atoms with E-state index in [-0.39, 0.29) is 11.6 Å². The molecule has 0 aliphatic rings. The van der Waals surface area contributed by atoms with Gasteiger partial charge >= 0.3 is 0 Å². The highest BCUT2D eigenvalue weighted by atomic mass is 35.5. The summed E-state index contributed by atoms with van der Waals surface area (Å²) in [7, 11) is 0. The number of carbonyl (C=O) groups is 1. The number of hydrogen-bond acceptors (Lipinski definition) is 5. The third-order valence-corrected chi connectivity index (χ3v) is 3.66. The summed E-state index contributed by atoms with van der Waals surface area (Å²) in [6, 6.07) is 15.8. The van der Waals surface area contributed by atoms with E-state index in [0.717, 1.165) is 11.4 Å². The SMILES string of the molecule is CCOc1ccc(Nc2nccc(C(=O)Nc3ccc(Cl)cc3)n2)cc1. The van der Waals surface area contributed by atoms with Crippen molar-refractivity contribution in [2.45, 2.75) is 6.92 Å². The van der Waals surface area contributed by atoms with E-state index >= 15 is 0 Å². The molecule has 0 atom stereocenters. The number of nitrogens with one attached hydrogen (secondary N) is 2. The summed E-state index contributed by atoms with van der Waals surface area (Å²) < 4.78 is 5.41. The minimum Gasteiger partial charge on any atom is -0.494 e. The van der Waals surface area contributed by atoms with E-state index < -0.39 is 0 Å². The first-order valence-corrected chi connectivity index (χ1v) is 8.41. The molecular formula is C19H17ClN4O2. The summed E-state index contributed by atoms with van der Waals surface area (Å²) in [6.45, 7) is 2.54. The van der Waals surface area contributed by atoms with E-state index in [0.29, 0.717) is 23.3 Å². The highest BCUT2D eigenvalue weighted by Gasteiger charge is 2.09. The smallest absolute Gasteiger partial charge is 0.274 e. The first-order valence-electron chi connectivity index (χ1n) is 8.04. The van der Waals surface area contributed by atoms with Crippen molar-refractivity contribution in [2.24, 2.45) is 0 Å². The van der Waals surface area contributed by atoms with Gasteiger partial charge in [0.25, 0.3) is 5.91 Å². The van der Waals surface area contributed by atoms with Crippen LogP contribution in [0, 0.1) is 0 Å². The first-order chi connectivity index (χ1) is 12.6. The van der Waals surface area contributed by atoms with Crippen LogP contribution in [0.25, 0.3) is 0 Å². The molecule has 0 saturated heterocycles. The van der Waals surface area contributed by atoms with Crippen molar-refractivity contribution >= 4 is 34.8 Å². The second kappa shape index (κ2) is 8.31. The van der Waals surface area contributed by atoms with Crippen LogP contribution >= 0.6 is 11.6 Å². The highest BCUT2D eigenvalue weighted by molar-refractivity contribution is 6.30. The van der Waals surface area contributed by atoms with Crippen molar-refractivity contribution in [3.8, 4) is 5.75 Å². The van der Waals surface area contributed by atoms with E-state index in [4.69, 9.17) is 16.3 Å². The number of rotatable bonds is 6. The number of ether oxygens (including phenoxy) is 1. The summed E-state index contributed by atoms with van der Waals surface area (Å²) in [6.07, 6.45) is 1.53. The zero-order valence-corrected chi connectivity index (χ0v) is 14.8. The van der Waals surface area contributed by atoms with Crippen LogP contribution in [0.1, 0.15) is 17.4 Å². The van der Waals surface area contributed by atoms with Crippen molar-refractivity contribution in [3.63, 3.8) is 0 Å². The predicted octanol–water partition coefficient (Wildman–Crippen LogP) is 4.52. The van der Waals surface area contributed by atoms with Crippen LogP contribution in [-0.2, 0) is 0 Å². The van der Waals surface area contributed by atoms with Crippen molar-refractivity contribution in [1.82, 2.24) is 9.97 Å². The zero-order chi connectivity index (χ0) is 18.4. The number of hydrogen-bond donors (Lipinski definition) is 2. The fourth-order valence-corrected chi connectivity index (χ4v) is 2.33. The number of nitrogens with zero attached hydrogens (tertiary/aromatic N) is 2. The van der Waals surface area contributed by atoms with Gasteiger partial charge in [-0.2, -0.15) is 0 Å². The lowest BCUT2D eigenvalue weighted by Gasteiger charge is -2.08. The Bertz CT molecular complexity index is 883. The molecule has 0 aliphatic heterocycles. The van der Waals surface area contributed by atoms with Crippen molar-refractivity contribution in [2.75, 3.05) is 17.2 Å². The molecule has 6 nitrogen and oxygen atoms in total. The Morgan fingerprint density at radius 2 is 1.73 bits per heavy atom. The third kappa shape index (κ3) is 4.70. The maximum Gasteiger partial charge on any atom is 0.274 e. The molecule has 2 aromatic carbocycles. The Morgan fingerprint density at radius 1 is 1.04 bits per heavy atom. The molecule has 0 unspecified atom stereocenters. The lowest BCUT2D eigenvalue weighted by Crippen LogP contribution is -2.14. The number of carbonyl (C=O) groups excluding carboxylic acids is 1. The highest BCUT2D eigenvalue weighted by Crippen LogP contribution is 2.18. The van der Waals surface area contributed by atoms with E-state index in [1.165, 1.54) is 6.20 Å². The molecule has 0 spiro atoms. The molecule has 0 radical (unpaired) electrons. The standard InChI is InChI=1S/C19H17ClN4O2/c1-2-26-16-9-7-15(8-10-16)23-19-21-12-11-17(24-19)18(25)22-14-5-3-13(20)4-6-14/h3-12H,2H2,1H3,(H,22,25)(H,21,23,24). The lowest BCUT2D eigenvalue weighted by atomic mass is 10.3. The van der Waals surface area contributed by atoms with Crippen LogP contribution in [0.4, 0.5) is 17.3 Å². The molecule has 1 heterocycles. The Labute approximate surface area is 156 Å². The van der Waals surface area contributed by atoms with E-state index in [2.05, 4.69) is 20.6 Å². The van der Waals surface area contributed by atoms with Gasteiger partial charge in [-0.05, 0) is 61.5 Å². The first kappa shape index (κ1) is 17.7. The van der Waals surface area contributed by atoms with Gasteiger partial charge < -0.3 is 15.4 Å².